The van der Waals surface area contributed by atoms with Gasteiger partial charge in [0.2, 0.25) is 0 Å². The van der Waals surface area contributed by atoms with Crippen molar-refractivity contribution in [1.82, 2.24) is 0 Å². The summed E-state index contributed by atoms with van der Waals surface area (Å²) in [5.41, 5.74) is 4.38. The van der Waals surface area contributed by atoms with Gasteiger partial charge < -0.3 is 14.1 Å². The molecule has 4 rings (SSSR count). The van der Waals surface area contributed by atoms with Crippen LogP contribution in [0.2, 0.25) is 19.6 Å². The lowest BCUT2D eigenvalue weighted by molar-refractivity contribution is -0.0963. The smallest absolute Gasteiger partial charge is 0.184 e. The zero-order valence-electron chi connectivity index (χ0n) is 21.5. The maximum atomic E-state index is 7.01. The molecular weight excluding hydrogens is 416 g/mol. The molecule has 0 N–H and O–H groups in total. The van der Waals surface area contributed by atoms with Gasteiger partial charge in [0, 0.05) is 5.92 Å². The molecule has 0 aromatic rings. The van der Waals surface area contributed by atoms with Crippen molar-refractivity contribution in [2.24, 2.45) is 44.8 Å². The van der Waals surface area contributed by atoms with E-state index < -0.39 is 8.32 Å². The standard InChI is InChI=1S/C26H44N2O3Si/c1-17(27-29-4)20-9-10-21-24-22(12-14-26(20,21)3)25(2)13-11-19(28-30-5)15-18(25)16-23(24)31-32(6,7)8/h15,20-24H,9-14,16H2,1-8H3/b27-17-,28-19+. The Balaban J connectivity index is 1.73. The molecule has 0 amide bonds. The summed E-state index contributed by atoms with van der Waals surface area (Å²) in [5.74, 6) is 2.54. The van der Waals surface area contributed by atoms with Crippen LogP contribution in [0.4, 0.5) is 0 Å². The van der Waals surface area contributed by atoms with Gasteiger partial charge in [-0.15, -0.1) is 0 Å². The van der Waals surface area contributed by atoms with Gasteiger partial charge >= 0.3 is 0 Å². The van der Waals surface area contributed by atoms with Crippen molar-refractivity contribution in [2.45, 2.75) is 91.5 Å². The van der Waals surface area contributed by atoms with Crippen molar-refractivity contribution in [3.05, 3.63) is 11.6 Å². The number of nitrogens with zero attached hydrogens (tertiary/aromatic N) is 2. The van der Waals surface area contributed by atoms with Crippen LogP contribution in [0.1, 0.15) is 65.7 Å². The molecular formula is C26H44N2O3Si. The van der Waals surface area contributed by atoms with Gasteiger partial charge in [0.1, 0.15) is 14.2 Å². The second kappa shape index (κ2) is 8.57. The third-order valence-electron chi connectivity index (χ3n) is 9.43. The summed E-state index contributed by atoms with van der Waals surface area (Å²) in [6, 6.07) is 0. The molecule has 5 nitrogen and oxygen atoms in total. The second-order valence-electron chi connectivity index (χ2n) is 12.2. The third kappa shape index (κ3) is 4.00. The van der Waals surface area contributed by atoms with Crippen molar-refractivity contribution < 1.29 is 14.1 Å². The highest BCUT2D eigenvalue weighted by Crippen LogP contribution is 2.67. The Morgan fingerprint density at radius 3 is 2.44 bits per heavy atom. The Bertz CT molecular complexity index is 816. The first-order valence-corrected chi connectivity index (χ1v) is 16.0. The molecule has 4 aliphatic rings. The Hall–Kier alpha value is -1.14. The fourth-order valence-electron chi connectivity index (χ4n) is 8.17. The molecule has 32 heavy (non-hydrogen) atoms. The van der Waals surface area contributed by atoms with E-state index >= 15 is 0 Å². The fourth-order valence-corrected chi connectivity index (χ4v) is 9.32. The van der Waals surface area contributed by atoms with E-state index in [2.05, 4.69) is 56.8 Å². The van der Waals surface area contributed by atoms with E-state index in [-0.39, 0.29) is 5.41 Å². The van der Waals surface area contributed by atoms with Gasteiger partial charge in [-0.2, -0.15) is 0 Å². The third-order valence-corrected chi connectivity index (χ3v) is 10.4. The second-order valence-corrected chi connectivity index (χ2v) is 16.7. The molecule has 3 saturated carbocycles. The van der Waals surface area contributed by atoms with E-state index in [1.165, 1.54) is 37.8 Å². The van der Waals surface area contributed by atoms with Gasteiger partial charge in [0.15, 0.2) is 8.32 Å². The lowest BCUT2D eigenvalue weighted by atomic mass is 9.46. The fraction of sp³-hybridized carbons (Fsp3) is 0.846. The van der Waals surface area contributed by atoms with E-state index in [9.17, 15) is 0 Å². The minimum atomic E-state index is -1.68. The Kier molecular flexibility index (Phi) is 6.43. The highest BCUT2D eigenvalue weighted by atomic mass is 28.4. The number of rotatable bonds is 5. The van der Waals surface area contributed by atoms with E-state index in [1.807, 2.05) is 0 Å². The van der Waals surface area contributed by atoms with Crippen LogP contribution in [-0.2, 0) is 14.1 Å². The first kappa shape index (κ1) is 24.0. The molecule has 0 aromatic heterocycles. The van der Waals surface area contributed by atoms with Crippen molar-refractivity contribution in [3.8, 4) is 0 Å². The Labute approximate surface area is 196 Å². The van der Waals surface area contributed by atoms with Crippen molar-refractivity contribution >= 4 is 19.7 Å². The zero-order valence-corrected chi connectivity index (χ0v) is 22.5. The average molecular weight is 461 g/mol. The van der Waals surface area contributed by atoms with Crippen molar-refractivity contribution in [1.29, 1.82) is 0 Å². The molecule has 0 radical (unpaired) electrons. The molecule has 0 saturated heterocycles. The summed E-state index contributed by atoms with van der Waals surface area (Å²) in [4.78, 5) is 10.3. The van der Waals surface area contributed by atoms with Crippen molar-refractivity contribution in [2.75, 3.05) is 14.2 Å². The minimum Gasteiger partial charge on any atom is -0.414 e. The molecule has 0 spiro atoms. The highest BCUT2D eigenvalue weighted by Gasteiger charge is 2.62. The number of fused-ring (bicyclic) bond motifs is 5. The van der Waals surface area contributed by atoms with Gasteiger partial charge in [-0.25, -0.2) is 0 Å². The molecule has 0 bridgehead atoms. The maximum Gasteiger partial charge on any atom is 0.184 e. The Morgan fingerprint density at radius 2 is 1.78 bits per heavy atom. The lowest BCUT2D eigenvalue weighted by Gasteiger charge is -2.61. The van der Waals surface area contributed by atoms with Gasteiger partial charge in [-0.05, 0) is 106 Å². The van der Waals surface area contributed by atoms with Crippen LogP contribution >= 0.6 is 0 Å². The summed E-state index contributed by atoms with van der Waals surface area (Å²) < 4.78 is 7.01. The van der Waals surface area contributed by atoms with E-state index in [4.69, 9.17) is 14.1 Å². The number of hydrogen-bond donors (Lipinski definition) is 0. The summed E-state index contributed by atoms with van der Waals surface area (Å²) in [7, 11) is 1.65. The quantitative estimate of drug-likeness (QED) is 0.270. The van der Waals surface area contributed by atoms with Crippen LogP contribution < -0.4 is 0 Å². The Morgan fingerprint density at radius 1 is 1.03 bits per heavy atom. The molecule has 7 atom stereocenters. The van der Waals surface area contributed by atoms with Gasteiger partial charge in [-0.3, -0.25) is 0 Å². The average Bonchev–Trinajstić information content (AvgIpc) is 3.05. The molecule has 180 valence electrons. The van der Waals surface area contributed by atoms with Crippen LogP contribution in [0.15, 0.2) is 22.0 Å². The van der Waals surface area contributed by atoms with Crippen LogP contribution in [0.3, 0.4) is 0 Å². The van der Waals surface area contributed by atoms with E-state index in [1.54, 1.807) is 19.8 Å². The van der Waals surface area contributed by atoms with Gasteiger partial charge in [-0.1, -0.05) is 29.7 Å². The maximum absolute atomic E-state index is 7.01. The molecule has 3 fully saturated rings. The predicted molar refractivity (Wildman–Crippen MR) is 133 cm³/mol. The molecule has 4 aliphatic carbocycles. The van der Waals surface area contributed by atoms with Crippen LogP contribution in [0, 0.1) is 34.5 Å². The summed E-state index contributed by atoms with van der Waals surface area (Å²) in [6.45, 7) is 14.3. The largest absolute Gasteiger partial charge is 0.414 e. The monoisotopic (exact) mass is 460 g/mol. The van der Waals surface area contributed by atoms with Crippen LogP contribution in [0.5, 0.6) is 0 Å². The first-order valence-electron chi connectivity index (χ1n) is 12.6. The summed E-state index contributed by atoms with van der Waals surface area (Å²) in [6.07, 6.45) is 11.0. The SMILES string of the molecule is CO/N=C(/C)C1CCC2C3C(O[Si](C)(C)C)CC4=C/C(=N/OC)CCC4(C)C3CCC12C. The molecule has 6 heteroatoms. The van der Waals surface area contributed by atoms with Gasteiger partial charge in [0.25, 0.3) is 0 Å². The normalized spacial score (nSPS) is 43.2. The molecule has 0 aromatic carbocycles. The highest BCUT2D eigenvalue weighted by molar-refractivity contribution is 6.69. The topological polar surface area (TPSA) is 52.4 Å². The summed E-state index contributed by atoms with van der Waals surface area (Å²) >= 11 is 0. The van der Waals surface area contributed by atoms with Crippen LogP contribution in [-0.4, -0.2) is 40.1 Å². The number of oxime groups is 2. The lowest BCUT2D eigenvalue weighted by Crippen LogP contribution is -2.57. The number of hydrogen-bond acceptors (Lipinski definition) is 5. The minimum absolute atomic E-state index is 0.256. The summed E-state index contributed by atoms with van der Waals surface area (Å²) in [5, 5.41) is 8.69. The molecule has 7 unspecified atom stereocenters. The van der Waals surface area contributed by atoms with Gasteiger partial charge in [0.05, 0.1) is 17.5 Å². The zero-order chi connectivity index (χ0) is 23.3. The molecule has 0 heterocycles. The number of allylic oxidation sites excluding steroid dienone is 1. The van der Waals surface area contributed by atoms with E-state index in [0.29, 0.717) is 35.2 Å². The predicted octanol–water partition coefficient (Wildman–Crippen LogP) is 6.42. The first-order chi connectivity index (χ1) is 15.0. The van der Waals surface area contributed by atoms with Crippen molar-refractivity contribution in [3.63, 3.8) is 0 Å². The van der Waals surface area contributed by atoms with Crippen LogP contribution in [0.25, 0.3) is 0 Å². The van der Waals surface area contributed by atoms with E-state index in [0.717, 1.165) is 18.6 Å². The molecule has 0 aliphatic heterocycles.